The topological polar surface area (TPSA) is 59.2 Å². The van der Waals surface area contributed by atoms with Gasteiger partial charge in [0.2, 0.25) is 0 Å². The number of aliphatic hydroxyl groups is 1. The van der Waals surface area contributed by atoms with Gasteiger partial charge in [-0.3, -0.25) is 4.98 Å². The molecule has 2 aromatic rings. The number of nitrogens with zero attached hydrogens (tertiary/aromatic N) is 2. The molecule has 2 heterocycles. The minimum absolute atomic E-state index is 0.0605. The van der Waals surface area contributed by atoms with E-state index in [1.165, 1.54) is 13.0 Å². The number of hydrogen-bond donors (Lipinski definition) is 1. The lowest BCUT2D eigenvalue weighted by molar-refractivity contribution is -0.137. The number of aromatic nitrogens is 2. The molecule has 4 nitrogen and oxygen atoms in total. The second kappa shape index (κ2) is 4.82. The SMILES string of the molecule is C[C@H](O)c1cc(-c2ncc(C(F)(F)F)cc2Cl)no1. The third-order valence-electron chi connectivity index (χ3n) is 2.35. The average molecular weight is 293 g/mol. The van der Waals surface area contributed by atoms with Crippen molar-refractivity contribution in [3.8, 4) is 11.4 Å². The fourth-order valence-corrected chi connectivity index (χ4v) is 1.64. The van der Waals surface area contributed by atoms with Crippen LogP contribution in [0.2, 0.25) is 5.02 Å². The van der Waals surface area contributed by atoms with Gasteiger partial charge in [0.25, 0.3) is 0 Å². The summed E-state index contributed by atoms with van der Waals surface area (Å²) >= 11 is 5.75. The van der Waals surface area contributed by atoms with Crippen molar-refractivity contribution in [3.63, 3.8) is 0 Å². The van der Waals surface area contributed by atoms with Gasteiger partial charge in [0, 0.05) is 12.3 Å². The van der Waals surface area contributed by atoms with E-state index in [0.29, 0.717) is 6.20 Å². The standard InChI is InChI=1S/C11H8ClF3N2O2/c1-5(18)9-3-8(17-19-9)10-7(12)2-6(4-16-10)11(13,14)15/h2-5,18H,1H3/t5-/m0/s1. The summed E-state index contributed by atoms with van der Waals surface area (Å²) in [5.74, 6) is 0.174. The van der Waals surface area contributed by atoms with Gasteiger partial charge in [-0.05, 0) is 13.0 Å². The number of rotatable bonds is 2. The Bertz CT molecular complexity index is 596. The van der Waals surface area contributed by atoms with Crippen molar-refractivity contribution in [1.29, 1.82) is 0 Å². The first-order chi connectivity index (χ1) is 8.79. The summed E-state index contributed by atoms with van der Waals surface area (Å²) in [7, 11) is 0. The fraction of sp³-hybridized carbons (Fsp3) is 0.273. The van der Waals surface area contributed by atoms with Gasteiger partial charge in [-0.25, -0.2) is 0 Å². The van der Waals surface area contributed by atoms with Gasteiger partial charge in [-0.15, -0.1) is 0 Å². The monoisotopic (exact) mass is 292 g/mol. The summed E-state index contributed by atoms with van der Waals surface area (Å²) in [4.78, 5) is 3.63. The molecular weight excluding hydrogens is 285 g/mol. The van der Waals surface area contributed by atoms with Crippen LogP contribution >= 0.6 is 11.6 Å². The summed E-state index contributed by atoms with van der Waals surface area (Å²) in [6.45, 7) is 1.46. The van der Waals surface area contributed by atoms with Crippen molar-refractivity contribution in [2.75, 3.05) is 0 Å². The maximum absolute atomic E-state index is 12.4. The maximum atomic E-state index is 12.4. The van der Waals surface area contributed by atoms with Crippen molar-refractivity contribution < 1.29 is 22.8 Å². The molecule has 19 heavy (non-hydrogen) atoms. The summed E-state index contributed by atoms with van der Waals surface area (Å²) in [6.07, 6.45) is -4.73. The largest absolute Gasteiger partial charge is 0.417 e. The van der Waals surface area contributed by atoms with Crippen molar-refractivity contribution in [1.82, 2.24) is 10.1 Å². The Morgan fingerprint density at radius 3 is 2.53 bits per heavy atom. The first kappa shape index (κ1) is 13.8. The smallest absolute Gasteiger partial charge is 0.385 e. The predicted octanol–water partition coefficient (Wildman–Crippen LogP) is 3.46. The van der Waals surface area contributed by atoms with Gasteiger partial charge in [-0.2, -0.15) is 13.2 Å². The molecule has 0 bridgehead atoms. The van der Waals surface area contributed by atoms with Crippen LogP contribution in [0, 0.1) is 0 Å². The van der Waals surface area contributed by atoms with Gasteiger partial charge in [0.05, 0.1) is 10.6 Å². The molecule has 0 aliphatic carbocycles. The molecule has 0 saturated heterocycles. The Labute approximate surface area is 110 Å². The van der Waals surface area contributed by atoms with Crippen molar-refractivity contribution in [2.45, 2.75) is 19.2 Å². The van der Waals surface area contributed by atoms with Crippen LogP contribution in [0.4, 0.5) is 13.2 Å². The minimum Gasteiger partial charge on any atom is -0.385 e. The Kier molecular flexibility index (Phi) is 3.51. The highest BCUT2D eigenvalue weighted by Crippen LogP contribution is 2.34. The predicted molar refractivity (Wildman–Crippen MR) is 60.4 cm³/mol. The highest BCUT2D eigenvalue weighted by Gasteiger charge is 2.32. The lowest BCUT2D eigenvalue weighted by atomic mass is 10.2. The molecule has 0 fully saturated rings. The lowest BCUT2D eigenvalue weighted by Gasteiger charge is -2.07. The zero-order valence-corrected chi connectivity index (χ0v) is 10.3. The third-order valence-corrected chi connectivity index (χ3v) is 2.64. The van der Waals surface area contributed by atoms with Crippen LogP contribution in [0.5, 0.6) is 0 Å². The van der Waals surface area contributed by atoms with Gasteiger partial charge >= 0.3 is 6.18 Å². The zero-order chi connectivity index (χ0) is 14.2. The van der Waals surface area contributed by atoms with E-state index in [4.69, 9.17) is 16.1 Å². The number of hydrogen-bond acceptors (Lipinski definition) is 4. The quantitative estimate of drug-likeness (QED) is 0.921. The van der Waals surface area contributed by atoms with E-state index >= 15 is 0 Å². The number of pyridine rings is 1. The number of halogens is 4. The summed E-state index contributed by atoms with van der Waals surface area (Å²) < 4.78 is 42.2. The van der Waals surface area contributed by atoms with E-state index in [2.05, 4.69) is 10.1 Å². The van der Waals surface area contributed by atoms with Crippen LogP contribution in [0.3, 0.4) is 0 Å². The third kappa shape index (κ3) is 2.87. The number of alkyl halides is 3. The van der Waals surface area contributed by atoms with Crippen LogP contribution in [0.1, 0.15) is 24.4 Å². The normalized spacial score (nSPS) is 13.6. The molecule has 0 aromatic carbocycles. The molecule has 0 amide bonds. The molecule has 102 valence electrons. The van der Waals surface area contributed by atoms with Crippen LogP contribution in [0.25, 0.3) is 11.4 Å². The van der Waals surface area contributed by atoms with Crippen LogP contribution in [-0.2, 0) is 6.18 Å². The van der Waals surface area contributed by atoms with Crippen molar-refractivity contribution in [3.05, 3.63) is 34.7 Å². The Hall–Kier alpha value is -1.60. The van der Waals surface area contributed by atoms with Crippen molar-refractivity contribution in [2.24, 2.45) is 0 Å². The zero-order valence-electron chi connectivity index (χ0n) is 9.57. The average Bonchev–Trinajstić information content (AvgIpc) is 2.76. The molecule has 8 heteroatoms. The van der Waals surface area contributed by atoms with E-state index in [1.54, 1.807) is 0 Å². The molecule has 0 unspecified atom stereocenters. The maximum Gasteiger partial charge on any atom is 0.417 e. The second-order valence-corrected chi connectivity index (χ2v) is 4.25. The van der Waals surface area contributed by atoms with E-state index in [9.17, 15) is 18.3 Å². The molecule has 0 saturated carbocycles. The van der Waals surface area contributed by atoms with Crippen LogP contribution < -0.4 is 0 Å². The minimum atomic E-state index is -4.51. The Morgan fingerprint density at radius 2 is 2.05 bits per heavy atom. The summed E-state index contributed by atoms with van der Waals surface area (Å²) in [5, 5.41) is 12.7. The van der Waals surface area contributed by atoms with Gasteiger partial charge in [0.15, 0.2) is 5.76 Å². The molecule has 2 aromatic heterocycles. The first-order valence-electron chi connectivity index (χ1n) is 5.17. The van der Waals surface area contributed by atoms with Crippen LogP contribution in [-0.4, -0.2) is 15.2 Å². The highest BCUT2D eigenvalue weighted by molar-refractivity contribution is 6.33. The van der Waals surface area contributed by atoms with Crippen LogP contribution in [0.15, 0.2) is 22.9 Å². The molecular formula is C11H8ClF3N2O2. The molecule has 0 spiro atoms. The van der Waals surface area contributed by atoms with Gasteiger partial charge in [0.1, 0.15) is 17.5 Å². The summed E-state index contributed by atoms with van der Waals surface area (Å²) in [6, 6.07) is 2.13. The highest BCUT2D eigenvalue weighted by atomic mass is 35.5. The van der Waals surface area contributed by atoms with E-state index in [1.807, 2.05) is 0 Å². The Morgan fingerprint density at radius 1 is 1.37 bits per heavy atom. The first-order valence-corrected chi connectivity index (χ1v) is 5.54. The molecule has 1 atom stereocenters. The molecule has 0 aliphatic heterocycles. The number of aliphatic hydroxyl groups excluding tert-OH is 1. The second-order valence-electron chi connectivity index (χ2n) is 3.84. The molecule has 1 N–H and O–H groups in total. The van der Waals surface area contributed by atoms with Crippen molar-refractivity contribution >= 4 is 11.6 Å². The van der Waals surface area contributed by atoms with Gasteiger partial charge in [-0.1, -0.05) is 16.8 Å². The fourth-order valence-electron chi connectivity index (χ4n) is 1.38. The van der Waals surface area contributed by atoms with E-state index in [0.717, 1.165) is 6.07 Å². The Balaban J connectivity index is 2.40. The summed E-state index contributed by atoms with van der Waals surface area (Å²) in [5.41, 5.74) is -0.722. The van der Waals surface area contributed by atoms with E-state index in [-0.39, 0.29) is 22.2 Å². The lowest BCUT2D eigenvalue weighted by Crippen LogP contribution is -2.05. The molecule has 0 radical (unpaired) electrons. The molecule has 0 aliphatic rings. The molecule has 2 rings (SSSR count). The van der Waals surface area contributed by atoms with Gasteiger partial charge < -0.3 is 9.63 Å². The van der Waals surface area contributed by atoms with E-state index < -0.39 is 17.8 Å².